The van der Waals surface area contributed by atoms with Crippen LogP contribution in [0.4, 0.5) is 0 Å². The quantitative estimate of drug-likeness (QED) is 0.664. The fourth-order valence-electron chi connectivity index (χ4n) is 1.32. The van der Waals surface area contributed by atoms with Crippen LogP contribution in [0.3, 0.4) is 0 Å². The van der Waals surface area contributed by atoms with Gasteiger partial charge in [0.25, 0.3) is 0 Å². The van der Waals surface area contributed by atoms with Crippen LogP contribution in [-0.4, -0.2) is 35.3 Å². The molecule has 0 spiro atoms. The standard InChI is InChI=1S/C8H17NOS/c1-2-4-9-8(6-10)3-5-11-7-8/h9-10H,2-7H2,1H3. The lowest BCUT2D eigenvalue weighted by atomic mass is 10.0. The maximum Gasteiger partial charge on any atom is 0.0621 e. The molecular weight excluding hydrogens is 158 g/mol. The lowest BCUT2D eigenvalue weighted by Gasteiger charge is -2.26. The van der Waals surface area contributed by atoms with Gasteiger partial charge in [0.05, 0.1) is 12.1 Å². The number of hydrogen-bond donors (Lipinski definition) is 2. The molecule has 0 aromatic heterocycles. The SMILES string of the molecule is CCCNC1(CO)CCSC1. The first kappa shape index (κ1) is 9.36. The minimum Gasteiger partial charge on any atom is -0.394 e. The molecule has 66 valence electrons. The fourth-order valence-corrected chi connectivity index (χ4v) is 2.73. The van der Waals surface area contributed by atoms with Crippen molar-refractivity contribution < 1.29 is 5.11 Å². The van der Waals surface area contributed by atoms with Crippen LogP contribution in [0.25, 0.3) is 0 Å². The molecule has 0 radical (unpaired) electrons. The number of aliphatic hydroxyl groups excluding tert-OH is 1. The molecule has 1 atom stereocenters. The van der Waals surface area contributed by atoms with Crippen LogP contribution in [0.5, 0.6) is 0 Å². The van der Waals surface area contributed by atoms with Gasteiger partial charge in [0.2, 0.25) is 0 Å². The number of nitrogens with one attached hydrogen (secondary N) is 1. The predicted octanol–water partition coefficient (Wildman–Crippen LogP) is 0.854. The van der Waals surface area contributed by atoms with Crippen molar-refractivity contribution >= 4 is 11.8 Å². The smallest absolute Gasteiger partial charge is 0.0621 e. The molecule has 1 heterocycles. The van der Waals surface area contributed by atoms with Gasteiger partial charge in [-0.15, -0.1) is 0 Å². The average molecular weight is 175 g/mol. The molecule has 1 rings (SSSR count). The summed E-state index contributed by atoms with van der Waals surface area (Å²) >= 11 is 1.93. The van der Waals surface area contributed by atoms with Crippen LogP contribution in [0.2, 0.25) is 0 Å². The molecule has 1 aliphatic heterocycles. The zero-order chi connectivity index (χ0) is 8.16. The second-order valence-electron chi connectivity index (χ2n) is 3.17. The van der Waals surface area contributed by atoms with Crippen molar-refractivity contribution in [3.63, 3.8) is 0 Å². The Morgan fingerprint density at radius 2 is 2.45 bits per heavy atom. The number of thioether (sulfide) groups is 1. The molecule has 1 unspecified atom stereocenters. The van der Waals surface area contributed by atoms with E-state index in [1.807, 2.05) is 11.8 Å². The summed E-state index contributed by atoms with van der Waals surface area (Å²) in [5.41, 5.74) is 0.0562. The van der Waals surface area contributed by atoms with Crippen LogP contribution >= 0.6 is 11.8 Å². The van der Waals surface area contributed by atoms with E-state index in [4.69, 9.17) is 5.11 Å². The first-order chi connectivity index (χ1) is 5.33. The summed E-state index contributed by atoms with van der Waals surface area (Å²) in [6.07, 6.45) is 2.26. The summed E-state index contributed by atoms with van der Waals surface area (Å²) in [5, 5.41) is 12.6. The van der Waals surface area contributed by atoms with E-state index in [0.29, 0.717) is 6.61 Å². The minimum absolute atomic E-state index is 0.0562. The van der Waals surface area contributed by atoms with Gasteiger partial charge in [-0.2, -0.15) is 11.8 Å². The van der Waals surface area contributed by atoms with Crippen molar-refractivity contribution in [2.24, 2.45) is 0 Å². The normalized spacial score (nSPS) is 31.1. The Morgan fingerprint density at radius 1 is 1.64 bits per heavy atom. The van der Waals surface area contributed by atoms with E-state index in [2.05, 4.69) is 12.2 Å². The van der Waals surface area contributed by atoms with Crippen molar-refractivity contribution in [1.29, 1.82) is 0 Å². The molecule has 3 heteroatoms. The molecule has 2 nitrogen and oxygen atoms in total. The van der Waals surface area contributed by atoms with E-state index in [1.165, 1.54) is 5.75 Å². The molecule has 0 aliphatic carbocycles. The summed E-state index contributed by atoms with van der Waals surface area (Å²) in [5.74, 6) is 2.26. The number of rotatable bonds is 4. The number of hydrogen-bond acceptors (Lipinski definition) is 3. The van der Waals surface area contributed by atoms with Crippen LogP contribution in [0.1, 0.15) is 19.8 Å². The summed E-state index contributed by atoms with van der Waals surface area (Å²) in [6, 6.07) is 0. The molecule has 0 aromatic carbocycles. The second kappa shape index (κ2) is 4.33. The maximum atomic E-state index is 9.17. The van der Waals surface area contributed by atoms with E-state index in [0.717, 1.165) is 25.1 Å². The van der Waals surface area contributed by atoms with Crippen LogP contribution < -0.4 is 5.32 Å². The highest BCUT2D eigenvalue weighted by atomic mass is 32.2. The van der Waals surface area contributed by atoms with E-state index >= 15 is 0 Å². The van der Waals surface area contributed by atoms with E-state index in [-0.39, 0.29) is 5.54 Å². The summed E-state index contributed by atoms with van der Waals surface area (Å²) < 4.78 is 0. The van der Waals surface area contributed by atoms with Crippen LogP contribution in [0, 0.1) is 0 Å². The highest BCUT2D eigenvalue weighted by Gasteiger charge is 2.32. The summed E-state index contributed by atoms with van der Waals surface area (Å²) in [6.45, 7) is 3.47. The first-order valence-corrected chi connectivity index (χ1v) is 5.42. The molecule has 0 aromatic rings. The van der Waals surface area contributed by atoms with Crippen molar-refractivity contribution in [2.45, 2.75) is 25.3 Å². The molecule has 0 bridgehead atoms. The summed E-state index contributed by atoms with van der Waals surface area (Å²) in [7, 11) is 0. The third-order valence-electron chi connectivity index (χ3n) is 2.16. The third-order valence-corrected chi connectivity index (χ3v) is 3.41. The lowest BCUT2D eigenvalue weighted by molar-refractivity contribution is 0.180. The van der Waals surface area contributed by atoms with E-state index in [9.17, 15) is 0 Å². The van der Waals surface area contributed by atoms with Gasteiger partial charge in [-0.25, -0.2) is 0 Å². The van der Waals surface area contributed by atoms with Crippen molar-refractivity contribution in [3.8, 4) is 0 Å². The Balaban J connectivity index is 2.33. The monoisotopic (exact) mass is 175 g/mol. The van der Waals surface area contributed by atoms with Gasteiger partial charge in [0.15, 0.2) is 0 Å². The van der Waals surface area contributed by atoms with Crippen molar-refractivity contribution in [2.75, 3.05) is 24.7 Å². The molecule has 11 heavy (non-hydrogen) atoms. The Morgan fingerprint density at radius 3 is 2.91 bits per heavy atom. The molecule has 0 amide bonds. The Labute approximate surface area is 72.8 Å². The molecule has 2 N–H and O–H groups in total. The molecule has 1 saturated heterocycles. The lowest BCUT2D eigenvalue weighted by Crippen LogP contribution is -2.48. The van der Waals surface area contributed by atoms with Gasteiger partial charge < -0.3 is 10.4 Å². The zero-order valence-electron chi connectivity index (χ0n) is 7.10. The fraction of sp³-hybridized carbons (Fsp3) is 1.00. The minimum atomic E-state index is 0.0562. The Bertz CT molecular complexity index is 113. The van der Waals surface area contributed by atoms with E-state index < -0.39 is 0 Å². The van der Waals surface area contributed by atoms with Crippen molar-refractivity contribution in [1.82, 2.24) is 5.32 Å². The van der Waals surface area contributed by atoms with Gasteiger partial charge in [0.1, 0.15) is 0 Å². The largest absolute Gasteiger partial charge is 0.394 e. The molecule has 1 fully saturated rings. The zero-order valence-corrected chi connectivity index (χ0v) is 7.91. The van der Waals surface area contributed by atoms with Gasteiger partial charge in [-0.1, -0.05) is 6.92 Å². The van der Waals surface area contributed by atoms with E-state index in [1.54, 1.807) is 0 Å². The van der Waals surface area contributed by atoms with Crippen LogP contribution in [-0.2, 0) is 0 Å². The first-order valence-electron chi connectivity index (χ1n) is 4.26. The van der Waals surface area contributed by atoms with Gasteiger partial charge in [-0.05, 0) is 25.1 Å². The molecular formula is C8H17NOS. The Kier molecular flexibility index (Phi) is 3.69. The van der Waals surface area contributed by atoms with Crippen molar-refractivity contribution in [3.05, 3.63) is 0 Å². The topological polar surface area (TPSA) is 32.3 Å². The number of aliphatic hydroxyl groups is 1. The third kappa shape index (κ3) is 2.36. The summed E-state index contributed by atoms with van der Waals surface area (Å²) in [4.78, 5) is 0. The predicted molar refractivity (Wildman–Crippen MR) is 50.1 cm³/mol. The van der Waals surface area contributed by atoms with Gasteiger partial charge in [-0.3, -0.25) is 0 Å². The van der Waals surface area contributed by atoms with Gasteiger partial charge >= 0.3 is 0 Å². The second-order valence-corrected chi connectivity index (χ2v) is 4.27. The van der Waals surface area contributed by atoms with Gasteiger partial charge in [0, 0.05) is 5.75 Å². The highest BCUT2D eigenvalue weighted by molar-refractivity contribution is 7.99. The molecule has 0 saturated carbocycles. The average Bonchev–Trinajstić information content (AvgIpc) is 2.50. The highest BCUT2D eigenvalue weighted by Crippen LogP contribution is 2.27. The van der Waals surface area contributed by atoms with Crippen LogP contribution in [0.15, 0.2) is 0 Å². The Hall–Kier alpha value is 0.270. The maximum absolute atomic E-state index is 9.17. The molecule has 1 aliphatic rings.